The number of rotatable bonds is 3. The summed E-state index contributed by atoms with van der Waals surface area (Å²) in [7, 11) is 0. The van der Waals surface area contributed by atoms with Gasteiger partial charge in [0.25, 0.3) is 5.91 Å². The minimum absolute atomic E-state index is 0.0759. The number of amides is 1. The number of fused-ring (bicyclic) bond motifs is 1. The molecule has 2 saturated heterocycles. The van der Waals surface area contributed by atoms with Crippen LogP contribution < -0.4 is 0 Å². The van der Waals surface area contributed by atoms with E-state index < -0.39 is 0 Å². The van der Waals surface area contributed by atoms with Crippen molar-refractivity contribution in [2.45, 2.75) is 12.6 Å². The molecule has 2 aliphatic heterocycles. The van der Waals surface area contributed by atoms with Gasteiger partial charge < -0.3 is 4.90 Å². The molecule has 2 aliphatic rings. The number of carbonyl (C=O) groups is 1. The summed E-state index contributed by atoms with van der Waals surface area (Å²) in [6.07, 6.45) is 3.71. The molecule has 0 radical (unpaired) electrons. The van der Waals surface area contributed by atoms with Gasteiger partial charge in [0, 0.05) is 55.9 Å². The Labute approximate surface area is 127 Å². The van der Waals surface area contributed by atoms with E-state index >= 15 is 0 Å². The molecule has 2 aromatic heterocycles. The summed E-state index contributed by atoms with van der Waals surface area (Å²) in [5.41, 5.74) is 3.53. The van der Waals surface area contributed by atoms with Crippen LogP contribution in [0.25, 0.3) is 0 Å². The fourth-order valence-corrected chi connectivity index (χ4v) is 3.83. The Bertz CT molecular complexity index is 630. The molecule has 0 aliphatic carbocycles. The third-order valence-corrected chi connectivity index (χ3v) is 4.98. The van der Waals surface area contributed by atoms with Gasteiger partial charge in [0.05, 0.1) is 5.51 Å². The Morgan fingerprint density at radius 1 is 1.38 bits per heavy atom. The molecule has 4 rings (SSSR count). The summed E-state index contributed by atoms with van der Waals surface area (Å²) in [5, 5.41) is 1.83. The van der Waals surface area contributed by atoms with Gasteiger partial charge >= 0.3 is 0 Å². The van der Waals surface area contributed by atoms with E-state index in [9.17, 15) is 4.79 Å². The highest BCUT2D eigenvalue weighted by Crippen LogP contribution is 2.34. The minimum atomic E-state index is 0.0759. The monoisotopic (exact) mass is 300 g/mol. The summed E-state index contributed by atoms with van der Waals surface area (Å²) in [6.45, 7) is 3.68. The van der Waals surface area contributed by atoms with Crippen molar-refractivity contribution in [3.8, 4) is 0 Å². The number of nitrogens with zero attached hydrogens (tertiary/aromatic N) is 4. The van der Waals surface area contributed by atoms with E-state index in [2.05, 4.69) is 20.9 Å². The van der Waals surface area contributed by atoms with Crippen LogP contribution in [0, 0.1) is 5.92 Å². The van der Waals surface area contributed by atoms with Crippen molar-refractivity contribution >= 4 is 17.2 Å². The average Bonchev–Trinajstić information content (AvgIpc) is 3.13. The molecule has 4 heterocycles. The standard InChI is InChI=1S/C15H16N4OS/c20-15(13-9-21-10-17-13)19-7-12-6-18(14(12)8-19)5-11-2-1-3-16-4-11/h1-4,9-10,12,14H,5-8H2/t12-,14+/m1/s1. The molecule has 21 heavy (non-hydrogen) atoms. The van der Waals surface area contributed by atoms with Crippen molar-refractivity contribution in [1.29, 1.82) is 0 Å². The smallest absolute Gasteiger partial charge is 0.273 e. The molecule has 0 aromatic carbocycles. The van der Waals surface area contributed by atoms with Crippen molar-refractivity contribution in [1.82, 2.24) is 19.8 Å². The molecule has 1 amide bonds. The summed E-state index contributed by atoms with van der Waals surface area (Å²) in [5.74, 6) is 0.691. The molecule has 0 N–H and O–H groups in total. The second-order valence-corrected chi connectivity index (χ2v) is 6.42. The molecular weight excluding hydrogens is 284 g/mol. The van der Waals surface area contributed by atoms with E-state index in [1.807, 2.05) is 22.5 Å². The van der Waals surface area contributed by atoms with Crippen LogP contribution in [0.5, 0.6) is 0 Å². The maximum Gasteiger partial charge on any atom is 0.273 e. The fourth-order valence-electron chi connectivity index (χ4n) is 3.30. The Morgan fingerprint density at radius 2 is 2.33 bits per heavy atom. The van der Waals surface area contributed by atoms with Crippen LogP contribution in [-0.4, -0.2) is 51.4 Å². The normalized spacial score (nSPS) is 24.7. The van der Waals surface area contributed by atoms with E-state index in [4.69, 9.17) is 0 Å². The summed E-state index contributed by atoms with van der Waals surface area (Å²) >= 11 is 1.47. The van der Waals surface area contributed by atoms with E-state index in [1.54, 1.807) is 11.7 Å². The molecule has 2 fully saturated rings. The van der Waals surface area contributed by atoms with Gasteiger partial charge in [0.1, 0.15) is 5.69 Å². The van der Waals surface area contributed by atoms with Crippen LogP contribution in [0.15, 0.2) is 35.4 Å². The molecule has 0 unspecified atom stereocenters. The first-order valence-corrected chi connectivity index (χ1v) is 8.06. The summed E-state index contributed by atoms with van der Waals surface area (Å²) in [4.78, 5) is 25.0. The first kappa shape index (κ1) is 12.9. The highest BCUT2D eigenvalue weighted by atomic mass is 32.1. The van der Waals surface area contributed by atoms with Crippen LogP contribution in [0.1, 0.15) is 16.1 Å². The highest BCUT2D eigenvalue weighted by molar-refractivity contribution is 7.07. The van der Waals surface area contributed by atoms with Gasteiger partial charge in [-0.1, -0.05) is 6.07 Å². The molecule has 0 spiro atoms. The molecule has 2 atom stereocenters. The predicted octanol–water partition coefficient (Wildman–Crippen LogP) is 1.49. The number of pyridine rings is 1. The van der Waals surface area contributed by atoms with E-state index in [1.165, 1.54) is 16.9 Å². The van der Waals surface area contributed by atoms with Crippen molar-refractivity contribution in [3.63, 3.8) is 0 Å². The molecule has 2 aromatic rings. The number of hydrogen-bond donors (Lipinski definition) is 0. The second kappa shape index (κ2) is 5.20. The minimum Gasteiger partial charge on any atom is -0.335 e. The van der Waals surface area contributed by atoms with Gasteiger partial charge in [-0.15, -0.1) is 11.3 Å². The van der Waals surface area contributed by atoms with Crippen LogP contribution in [0.2, 0.25) is 0 Å². The van der Waals surface area contributed by atoms with Crippen LogP contribution >= 0.6 is 11.3 Å². The Kier molecular flexibility index (Phi) is 3.20. The van der Waals surface area contributed by atoms with Crippen molar-refractivity contribution in [2.24, 2.45) is 5.92 Å². The van der Waals surface area contributed by atoms with Crippen LogP contribution in [-0.2, 0) is 6.54 Å². The lowest BCUT2D eigenvalue weighted by Gasteiger charge is -2.43. The molecule has 0 bridgehead atoms. The lowest BCUT2D eigenvalue weighted by atomic mass is 9.91. The zero-order valence-corrected chi connectivity index (χ0v) is 12.4. The van der Waals surface area contributed by atoms with Crippen LogP contribution in [0.4, 0.5) is 0 Å². The lowest BCUT2D eigenvalue weighted by Crippen LogP contribution is -2.54. The number of likely N-dealkylation sites (tertiary alicyclic amines) is 2. The molecular formula is C15H16N4OS. The highest BCUT2D eigenvalue weighted by Gasteiger charge is 2.46. The van der Waals surface area contributed by atoms with Crippen molar-refractivity contribution in [2.75, 3.05) is 19.6 Å². The molecule has 108 valence electrons. The van der Waals surface area contributed by atoms with Gasteiger partial charge in [-0.3, -0.25) is 14.7 Å². The zero-order valence-electron chi connectivity index (χ0n) is 11.6. The third kappa shape index (κ3) is 2.34. The molecule has 0 saturated carbocycles. The second-order valence-electron chi connectivity index (χ2n) is 5.70. The SMILES string of the molecule is O=C(c1cscn1)N1C[C@H]2CN(Cc3cccnc3)[C@H]2C1. The van der Waals surface area contributed by atoms with Crippen molar-refractivity contribution in [3.05, 3.63) is 46.7 Å². The topological polar surface area (TPSA) is 49.3 Å². The van der Waals surface area contributed by atoms with E-state index in [-0.39, 0.29) is 5.91 Å². The predicted molar refractivity (Wildman–Crippen MR) is 79.9 cm³/mol. The number of carbonyl (C=O) groups excluding carboxylic acids is 1. The van der Waals surface area contributed by atoms with E-state index in [0.717, 1.165) is 26.2 Å². The average molecular weight is 300 g/mol. The number of aromatic nitrogens is 2. The largest absolute Gasteiger partial charge is 0.335 e. The first-order valence-electron chi connectivity index (χ1n) is 7.11. The van der Waals surface area contributed by atoms with E-state index in [0.29, 0.717) is 17.7 Å². The maximum absolute atomic E-state index is 12.3. The van der Waals surface area contributed by atoms with Gasteiger partial charge in [-0.05, 0) is 11.6 Å². The Morgan fingerprint density at radius 3 is 3.10 bits per heavy atom. The number of hydrogen-bond acceptors (Lipinski definition) is 5. The van der Waals surface area contributed by atoms with Gasteiger partial charge in [0.15, 0.2) is 0 Å². The van der Waals surface area contributed by atoms with Crippen molar-refractivity contribution < 1.29 is 4.79 Å². The Balaban J connectivity index is 1.40. The fraction of sp³-hybridized carbons (Fsp3) is 0.400. The summed E-state index contributed by atoms with van der Waals surface area (Å²) in [6, 6.07) is 4.57. The number of thiazole rings is 1. The zero-order chi connectivity index (χ0) is 14.2. The van der Waals surface area contributed by atoms with Gasteiger partial charge in [-0.25, -0.2) is 4.98 Å². The summed E-state index contributed by atoms with van der Waals surface area (Å²) < 4.78 is 0. The first-order chi connectivity index (χ1) is 10.3. The van der Waals surface area contributed by atoms with Crippen LogP contribution in [0.3, 0.4) is 0 Å². The maximum atomic E-state index is 12.3. The van der Waals surface area contributed by atoms with Gasteiger partial charge in [0.2, 0.25) is 0 Å². The Hall–Kier alpha value is -1.79. The third-order valence-electron chi connectivity index (χ3n) is 4.39. The quantitative estimate of drug-likeness (QED) is 0.862. The van der Waals surface area contributed by atoms with Gasteiger partial charge in [-0.2, -0.15) is 0 Å². The molecule has 5 nitrogen and oxygen atoms in total. The lowest BCUT2D eigenvalue weighted by molar-refractivity contribution is 0.0432. The molecule has 6 heteroatoms.